The van der Waals surface area contributed by atoms with Crippen LogP contribution in [0.4, 0.5) is 0 Å². The predicted molar refractivity (Wildman–Crippen MR) is 64.6 cm³/mol. The van der Waals surface area contributed by atoms with Crippen molar-refractivity contribution in [2.75, 3.05) is 6.54 Å². The standard InChI is InChI=1S/C13H15N3O2/c14-8-11-6-10(3-4-15-11)9-16-5-1-2-12(16)7-13(17)18/h3-4,6,12H,1-2,5,7,9H2,(H,17,18). The van der Waals surface area contributed by atoms with Crippen LogP contribution < -0.4 is 0 Å². The Morgan fingerprint density at radius 1 is 1.67 bits per heavy atom. The third-order valence-electron chi connectivity index (χ3n) is 3.23. The molecule has 0 spiro atoms. The van der Waals surface area contributed by atoms with E-state index in [1.807, 2.05) is 12.1 Å². The Labute approximate surface area is 106 Å². The molecule has 0 amide bonds. The van der Waals surface area contributed by atoms with Gasteiger partial charge >= 0.3 is 5.97 Å². The Bertz CT molecular complexity index is 481. The third-order valence-corrected chi connectivity index (χ3v) is 3.23. The molecule has 0 aliphatic carbocycles. The van der Waals surface area contributed by atoms with Gasteiger partial charge in [-0.2, -0.15) is 5.26 Å². The van der Waals surface area contributed by atoms with E-state index in [0.29, 0.717) is 12.2 Å². The van der Waals surface area contributed by atoms with Gasteiger partial charge in [-0.3, -0.25) is 9.69 Å². The zero-order valence-corrected chi connectivity index (χ0v) is 10.0. The first-order valence-corrected chi connectivity index (χ1v) is 6.00. The van der Waals surface area contributed by atoms with Gasteiger partial charge in [-0.25, -0.2) is 4.98 Å². The van der Waals surface area contributed by atoms with Crippen molar-refractivity contribution in [2.45, 2.75) is 31.8 Å². The van der Waals surface area contributed by atoms with Crippen molar-refractivity contribution >= 4 is 5.97 Å². The van der Waals surface area contributed by atoms with Crippen molar-refractivity contribution in [1.29, 1.82) is 5.26 Å². The average Bonchev–Trinajstić information content (AvgIpc) is 2.76. The number of aromatic nitrogens is 1. The van der Waals surface area contributed by atoms with Gasteiger partial charge < -0.3 is 5.11 Å². The Hall–Kier alpha value is -1.93. The zero-order chi connectivity index (χ0) is 13.0. The zero-order valence-electron chi connectivity index (χ0n) is 10.0. The summed E-state index contributed by atoms with van der Waals surface area (Å²) in [5.74, 6) is -0.751. The van der Waals surface area contributed by atoms with Crippen LogP contribution in [0.1, 0.15) is 30.5 Å². The van der Waals surface area contributed by atoms with E-state index in [0.717, 1.165) is 24.9 Å². The average molecular weight is 245 g/mol. The molecule has 5 heteroatoms. The van der Waals surface area contributed by atoms with Crippen LogP contribution in [-0.2, 0) is 11.3 Å². The van der Waals surface area contributed by atoms with Gasteiger partial charge in [0.2, 0.25) is 0 Å². The number of pyridine rings is 1. The maximum absolute atomic E-state index is 10.8. The number of carbonyl (C=O) groups is 1. The number of hydrogen-bond acceptors (Lipinski definition) is 4. The van der Waals surface area contributed by atoms with Crippen LogP contribution in [-0.4, -0.2) is 33.5 Å². The molecule has 2 heterocycles. The first-order valence-electron chi connectivity index (χ1n) is 6.00. The van der Waals surface area contributed by atoms with Crippen LogP contribution in [0.3, 0.4) is 0 Å². The molecule has 0 saturated carbocycles. The maximum atomic E-state index is 10.8. The molecular formula is C13H15N3O2. The molecule has 1 fully saturated rings. The summed E-state index contributed by atoms with van der Waals surface area (Å²) in [5.41, 5.74) is 1.42. The fourth-order valence-electron chi connectivity index (χ4n) is 2.40. The maximum Gasteiger partial charge on any atom is 0.304 e. The second-order valence-corrected chi connectivity index (χ2v) is 4.53. The van der Waals surface area contributed by atoms with E-state index in [1.54, 1.807) is 12.3 Å². The van der Waals surface area contributed by atoms with E-state index < -0.39 is 5.97 Å². The number of nitriles is 1. The van der Waals surface area contributed by atoms with Gasteiger partial charge in [0.25, 0.3) is 0 Å². The van der Waals surface area contributed by atoms with Gasteiger partial charge in [-0.15, -0.1) is 0 Å². The first-order chi connectivity index (χ1) is 8.69. The third kappa shape index (κ3) is 3.05. The molecule has 1 aromatic rings. The van der Waals surface area contributed by atoms with Crippen LogP contribution in [0.5, 0.6) is 0 Å². The summed E-state index contributed by atoms with van der Waals surface area (Å²) >= 11 is 0. The van der Waals surface area contributed by atoms with E-state index in [2.05, 4.69) is 9.88 Å². The number of nitrogens with zero attached hydrogens (tertiary/aromatic N) is 3. The summed E-state index contributed by atoms with van der Waals surface area (Å²) in [6.07, 6.45) is 3.78. The van der Waals surface area contributed by atoms with Gasteiger partial charge in [0, 0.05) is 18.8 Å². The van der Waals surface area contributed by atoms with Crippen molar-refractivity contribution in [3.63, 3.8) is 0 Å². The second-order valence-electron chi connectivity index (χ2n) is 4.53. The highest BCUT2D eigenvalue weighted by molar-refractivity contribution is 5.67. The van der Waals surface area contributed by atoms with Crippen LogP contribution in [0, 0.1) is 11.3 Å². The molecule has 1 aliphatic heterocycles. The van der Waals surface area contributed by atoms with Gasteiger partial charge in [0.1, 0.15) is 11.8 Å². The quantitative estimate of drug-likeness (QED) is 0.867. The number of carboxylic acid groups (broad SMARTS) is 1. The van der Waals surface area contributed by atoms with Gasteiger partial charge in [-0.05, 0) is 37.1 Å². The molecule has 1 saturated heterocycles. The summed E-state index contributed by atoms with van der Waals surface area (Å²) in [5, 5.41) is 17.7. The Morgan fingerprint density at radius 3 is 3.22 bits per heavy atom. The van der Waals surface area contributed by atoms with Crippen LogP contribution in [0.15, 0.2) is 18.3 Å². The minimum atomic E-state index is -0.751. The Morgan fingerprint density at radius 2 is 2.50 bits per heavy atom. The number of aliphatic carboxylic acids is 1. The Balaban J connectivity index is 2.03. The second kappa shape index (κ2) is 5.61. The van der Waals surface area contributed by atoms with Crippen LogP contribution in [0.25, 0.3) is 0 Å². The molecule has 18 heavy (non-hydrogen) atoms. The van der Waals surface area contributed by atoms with Crippen molar-refractivity contribution in [2.24, 2.45) is 0 Å². The van der Waals surface area contributed by atoms with Gasteiger partial charge in [0.05, 0.1) is 6.42 Å². The topological polar surface area (TPSA) is 77.2 Å². The molecular weight excluding hydrogens is 230 g/mol. The molecule has 5 nitrogen and oxygen atoms in total. The number of likely N-dealkylation sites (tertiary alicyclic amines) is 1. The molecule has 2 rings (SSSR count). The summed E-state index contributed by atoms with van der Waals surface area (Å²) in [7, 11) is 0. The van der Waals surface area contributed by atoms with Gasteiger partial charge in [0.15, 0.2) is 0 Å². The molecule has 1 unspecified atom stereocenters. The highest BCUT2D eigenvalue weighted by Crippen LogP contribution is 2.22. The molecule has 0 aromatic carbocycles. The lowest BCUT2D eigenvalue weighted by Gasteiger charge is -2.23. The van der Waals surface area contributed by atoms with Crippen LogP contribution >= 0.6 is 0 Å². The van der Waals surface area contributed by atoms with Crippen molar-refractivity contribution < 1.29 is 9.90 Å². The number of hydrogen-bond donors (Lipinski definition) is 1. The highest BCUT2D eigenvalue weighted by atomic mass is 16.4. The largest absolute Gasteiger partial charge is 0.481 e. The highest BCUT2D eigenvalue weighted by Gasteiger charge is 2.26. The van der Waals surface area contributed by atoms with E-state index >= 15 is 0 Å². The summed E-state index contributed by atoms with van der Waals surface area (Å²) < 4.78 is 0. The fourth-order valence-corrected chi connectivity index (χ4v) is 2.40. The molecule has 1 aliphatic rings. The van der Waals surface area contributed by atoms with E-state index in [1.165, 1.54) is 0 Å². The monoisotopic (exact) mass is 245 g/mol. The fraction of sp³-hybridized carbons (Fsp3) is 0.462. The lowest BCUT2D eigenvalue weighted by atomic mass is 10.1. The summed E-state index contributed by atoms with van der Waals surface area (Å²) in [6, 6.07) is 5.76. The summed E-state index contributed by atoms with van der Waals surface area (Å²) in [4.78, 5) is 16.9. The van der Waals surface area contributed by atoms with E-state index in [9.17, 15) is 4.79 Å². The van der Waals surface area contributed by atoms with E-state index in [-0.39, 0.29) is 12.5 Å². The minimum absolute atomic E-state index is 0.112. The van der Waals surface area contributed by atoms with Crippen molar-refractivity contribution in [3.05, 3.63) is 29.6 Å². The van der Waals surface area contributed by atoms with Crippen LogP contribution in [0.2, 0.25) is 0 Å². The lowest BCUT2D eigenvalue weighted by Crippen LogP contribution is -2.30. The molecule has 1 aromatic heterocycles. The summed E-state index contributed by atoms with van der Waals surface area (Å²) in [6.45, 7) is 1.61. The molecule has 94 valence electrons. The number of carboxylic acids is 1. The van der Waals surface area contributed by atoms with Gasteiger partial charge in [-0.1, -0.05) is 0 Å². The predicted octanol–water partition coefficient (Wildman–Crippen LogP) is 1.39. The minimum Gasteiger partial charge on any atom is -0.481 e. The SMILES string of the molecule is N#Cc1cc(CN2CCCC2CC(=O)O)ccn1. The number of rotatable bonds is 4. The normalized spacial score (nSPS) is 19.6. The molecule has 0 bridgehead atoms. The Kier molecular flexibility index (Phi) is 3.90. The smallest absolute Gasteiger partial charge is 0.304 e. The molecule has 0 radical (unpaired) electrons. The molecule has 1 atom stereocenters. The van der Waals surface area contributed by atoms with E-state index in [4.69, 9.17) is 10.4 Å². The van der Waals surface area contributed by atoms with Crippen molar-refractivity contribution in [3.8, 4) is 6.07 Å². The first kappa shape index (κ1) is 12.5. The molecule has 1 N–H and O–H groups in total. The van der Waals surface area contributed by atoms with Crippen molar-refractivity contribution in [1.82, 2.24) is 9.88 Å². The lowest BCUT2D eigenvalue weighted by molar-refractivity contribution is -0.138.